The van der Waals surface area contributed by atoms with Crippen molar-refractivity contribution in [3.05, 3.63) is 59.9 Å². The quantitative estimate of drug-likeness (QED) is 0.494. The summed E-state index contributed by atoms with van der Waals surface area (Å²) in [5.74, 6) is -0.142. The van der Waals surface area contributed by atoms with Crippen LogP contribution in [-0.4, -0.2) is 28.0 Å². The third-order valence-corrected chi connectivity index (χ3v) is 6.17. The Morgan fingerprint density at radius 2 is 1.70 bits per heavy atom. The lowest BCUT2D eigenvalue weighted by molar-refractivity contribution is -0.121. The van der Waals surface area contributed by atoms with Crippen molar-refractivity contribution < 1.29 is 22.3 Å². The average molecular weight is 437 g/mol. The van der Waals surface area contributed by atoms with E-state index in [1.54, 1.807) is 24.3 Å². The van der Waals surface area contributed by atoms with E-state index in [1.807, 2.05) is 0 Å². The van der Waals surface area contributed by atoms with Gasteiger partial charge in [0, 0.05) is 13.0 Å². The molecule has 8 heteroatoms. The summed E-state index contributed by atoms with van der Waals surface area (Å²) in [6.45, 7) is 2.67. The molecule has 30 heavy (non-hydrogen) atoms. The molecule has 0 aromatic heterocycles. The normalized spacial score (nSPS) is 12.4. The number of hydrogen-bond donors (Lipinski definition) is 2. The smallest absolute Gasteiger partial charge is 0.241 e. The fourth-order valence-corrected chi connectivity index (χ4v) is 4.19. The molecule has 0 aliphatic carbocycles. The fourth-order valence-electron chi connectivity index (χ4n) is 2.97. The van der Waals surface area contributed by atoms with Crippen LogP contribution in [0.1, 0.15) is 50.6 Å². The van der Waals surface area contributed by atoms with Crippen molar-refractivity contribution in [3.8, 4) is 5.75 Å². The van der Waals surface area contributed by atoms with Crippen molar-refractivity contribution in [2.45, 2.75) is 50.0 Å². The van der Waals surface area contributed by atoms with Gasteiger partial charge in [-0.3, -0.25) is 4.79 Å². The molecular weight excluding hydrogens is 407 g/mol. The lowest BCUT2D eigenvalue weighted by Gasteiger charge is -2.19. The number of rotatable bonds is 12. The van der Waals surface area contributed by atoms with Crippen LogP contribution in [0, 0.1) is 5.82 Å². The lowest BCUT2D eigenvalue weighted by atomic mass is 10.0. The topological polar surface area (TPSA) is 84.5 Å². The molecule has 164 valence electrons. The Hall–Kier alpha value is -2.45. The van der Waals surface area contributed by atoms with Gasteiger partial charge >= 0.3 is 0 Å². The second-order valence-corrected chi connectivity index (χ2v) is 8.73. The number of nitrogens with one attached hydrogen (secondary N) is 2. The number of carbonyl (C=O) groups is 1. The molecule has 1 atom stereocenters. The number of halogens is 1. The van der Waals surface area contributed by atoms with Crippen molar-refractivity contribution in [2.24, 2.45) is 0 Å². The van der Waals surface area contributed by atoms with Crippen molar-refractivity contribution in [2.75, 3.05) is 13.7 Å². The summed E-state index contributed by atoms with van der Waals surface area (Å²) in [5, 5.41) is 2.85. The third-order valence-electron chi connectivity index (χ3n) is 4.68. The van der Waals surface area contributed by atoms with Gasteiger partial charge in [0.05, 0.1) is 18.0 Å². The highest BCUT2D eigenvalue weighted by Crippen LogP contribution is 2.23. The van der Waals surface area contributed by atoms with Crippen LogP contribution in [-0.2, 0) is 14.8 Å². The van der Waals surface area contributed by atoms with Gasteiger partial charge in [0.2, 0.25) is 15.9 Å². The molecule has 0 unspecified atom stereocenters. The Bertz CT molecular complexity index is 900. The minimum atomic E-state index is -3.95. The maximum absolute atomic E-state index is 13.2. The van der Waals surface area contributed by atoms with E-state index in [0.717, 1.165) is 37.8 Å². The first kappa shape index (κ1) is 23.8. The molecule has 2 rings (SSSR count). The first-order valence-electron chi connectivity index (χ1n) is 10.0. The number of amides is 1. The summed E-state index contributed by atoms with van der Waals surface area (Å²) in [6.07, 6.45) is 4.09. The Kier molecular flexibility index (Phi) is 9.26. The highest BCUT2D eigenvalue weighted by Gasteiger charge is 2.24. The zero-order valence-corrected chi connectivity index (χ0v) is 18.2. The number of ether oxygens (including phenoxy) is 1. The van der Waals surface area contributed by atoms with Gasteiger partial charge in [-0.25, -0.2) is 17.5 Å². The average Bonchev–Trinajstić information content (AvgIpc) is 2.73. The van der Waals surface area contributed by atoms with Crippen LogP contribution in [0.5, 0.6) is 5.75 Å². The number of carbonyl (C=O) groups excluding carboxylic acids is 1. The lowest BCUT2D eigenvalue weighted by Crippen LogP contribution is -2.34. The molecule has 0 fully saturated rings. The van der Waals surface area contributed by atoms with Gasteiger partial charge in [-0.1, -0.05) is 38.3 Å². The molecule has 0 saturated heterocycles. The largest absolute Gasteiger partial charge is 0.497 e. The van der Waals surface area contributed by atoms with E-state index in [4.69, 9.17) is 4.74 Å². The Morgan fingerprint density at radius 3 is 2.30 bits per heavy atom. The second-order valence-electron chi connectivity index (χ2n) is 7.02. The van der Waals surface area contributed by atoms with E-state index in [-0.39, 0.29) is 17.2 Å². The summed E-state index contributed by atoms with van der Waals surface area (Å²) in [6, 6.07) is 10.6. The minimum absolute atomic E-state index is 0.0550. The zero-order valence-electron chi connectivity index (χ0n) is 17.4. The summed E-state index contributed by atoms with van der Waals surface area (Å²) in [7, 11) is -2.41. The number of benzene rings is 2. The van der Waals surface area contributed by atoms with Crippen molar-refractivity contribution in [1.29, 1.82) is 0 Å². The molecule has 0 aliphatic heterocycles. The van der Waals surface area contributed by atoms with Crippen LogP contribution in [0.4, 0.5) is 4.39 Å². The van der Waals surface area contributed by atoms with Crippen LogP contribution in [0.2, 0.25) is 0 Å². The summed E-state index contributed by atoms with van der Waals surface area (Å²) >= 11 is 0. The molecule has 0 heterocycles. The van der Waals surface area contributed by atoms with Gasteiger partial charge in [0.1, 0.15) is 11.6 Å². The standard InChI is InChI=1S/C22H29FN2O4S/c1-3-4-5-6-15-24-22(26)16-21(17-7-11-19(29-2)12-8-17)25-30(27,28)20-13-9-18(23)10-14-20/h7-14,21,25H,3-6,15-16H2,1-2H3,(H,24,26)/t21-/m0/s1. The van der Waals surface area contributed by atoms with Gasteiger partial charge in [-0.2, -0.15) is 0 Å². The molecule has 2 N–H and O–H groups in total. The highest BCUT2D eigenvalue weighted by molar-refractivity contribution is 7.89. The Labute approximate surface area is 177 Å². The predicted octanol–water partition coefficient (Wildman–Crippen LogP) is 3.94. The number of hydrogen-bond acceptors (Lipinski definition) is 4. The van der Waals surface area contributed by atoms with Crippen LogP contribution < -0.4 is 14.8 Å². The summed E-state index contributed by atoms with van der Waals surface area (Å²) < 4.78 is 46.4. The maximum Gasteiger partial charge on any atom is 0.241 e. The molecule has 0 aliphatic rings. The van der Waals surface area contributed by atoms with Gasteiger partial charge in [0.15, 0.2) is 0 Å². The van der Waals surface area contributed by atoms with E-state index in [0.29, 0.717) is 17.9 Å². The van der Waals surface area contributed by atoms with Crippen molar-refractivity contribution in [3.63, 3.8) is 0 Å². The van der Waals surface area contributed by atoms with Gasteiger partial charge in [-0.15, -0.1) is 0 Å². The van der Waals surface area contributed by atoms with Gasteiger partial charge in [0.25, 0.3) is 0 Å². The van der Waals surface area contributed by atoms with E-state index in [2.05, 4.69) is 17.0 Å². The Morgan fingerprint density at radius 1 is 1.03 bits per heavy atom. The SMILES string of the molecule is CCCCCCNC(=O)C[C@H](NS(=O)(=O)c1ccc(F)cc1)c1ccc(OC)cc1. The summed E-state index contributed by atoms with van der Waals surface area (Å²) in [5.41, 5.74) is 0.627. The van der Waals surface area contributed by atoms with E-state index >= 15 is 0 Å². The van der Waals surface area contributed by atoms with Crippen molar-refractivity contribution >= 4 is 15.9 Å². The third kappa shape index (κ3) is 7.42. The highest BCUT2D eigenvalue weighted by atomic mass is 32.2. The van der Waals surface area contributed by atoms with E-state index < -0.39 is 21.9 Å². The molecule has 0 spiro atoms. The van der Waals surface area contributed by atoms with Crippen molar-refractivity contribution in [1.82, 2.24) is 10.0 Å². The molecule has 0 radical (unpaired) electrons. The monoisotopic (exact) mass is 436 g/mol. The number of sulfonamides is 1. The van der Waals surface area contributed by atoms with Crippen LogP contribution in [0.25, 0.3) is 0 Å². The zero-order chi connectivity index (χ0) is 22.0. The number of methoxy groups -OCH3 is 1. The molecule has 6 nitrogen and oxygen atoms in total. The van der Waals surface area contributed by atoms with Crippen LogP contribution in [0.15, 0.2) is 53.4 Å². The predicted molar refractivity (Wildman–Crippen MR) is 114 cm³/mol. The molecule has 0 saturated carbocycles. The fraction of sp³-hybridized carbons (Fsp3) is 0.409. The van der Waals surface area contributed by atoms with Gasteiger partial charge in [-0.05, 0) is 48.4 Å². The van der Waals surface area contributed by atoms with Crippen LogP contribution >= 0.6 is 0 Å². The first-order chi connectivity index (χ1) is 14.4. The van der Waals surface area contributed by atoms with Gasteiger partial charge < -0.3 is 10.1 Å². The Balaban J connectivity index is 2.14. The van der Waals surface area contributed by atoms with Crippen LogP contribution in [0.3, 0.4) is 0 Å². The second kappa shape index (κ2) is 11.7. The molecular formula is C22H29FN2O4S. The maximum atomic E-state index is 13.2. The first-order valence-corrected chi connectivity index (χ1v) is 11.5. The molecule has 2 aromatic rings. The molecule has 0 bridgehead atoms. The molecule has 2 aromatic carbocycles. The molecule has 1 amide bonds. The summed E-state index contributed by atoms with van der Waals surface area (Å²) in [4.78, 5) is 12.4. The van der Waals surface area contributed by atoms with E-state index in [9.17, 15) is 17.6 Å². The van der Waals surface area contributed by atoms with E-state index in [1.165, 1.54) is 19.2 Å². The number of unbranched alkanes of at least 4 members (excludes halogenated alkanes) is 3. The minimum Gasteiger partial charge on any atom is -0.497 e.